The van der Waals surface area contributed by atoms with Gasteiger partial charge in [-0.2, -0.15) is 0 Å². The second-order valence-corrected chi connectivity index (χ2v) is 8.72. The summed E-state index contributed by atoms with van der Waals surface area (Å²) >= 11 is 0. The summed E-state index contributed by atoms with van der Waals surface area (Å²) in [5.41, 5.74) is 2.73. The number of carboxylic acids is 1. The Labute approximate surface area is 207 Å². The van der Waals surface area contributed by atoms with Crippen LogP contribution in [0.3, 0.4) is 0 Å². The van der Waals surface area contributed by atoms with Crippen molar-refractivity contribution in [3.05, 3.63) is 107 Å². The van der Waals surface area contributed by atoms with Gasteiger partial charge in [0.15, 0.2) is 0 Å². The lowest BCUT2D eigenvalue weighted by Gasteiger charge is -2.16. The van der Waals surface area contributed by atoms with Gasteiger partial charge in [0, 0.05) is 44.2 Å². The molecule has 0 unspecified atom stereocenters. The van der Waals surface area contributed by atoms with Crippen LogP contribution in [-0.2, 0) is 17.6 Å². The molecule has 3 aromatic carbocycles. The molecule has 0 radical (unpaired) electrons. The van der Waals surface area contributed by atoms with Gasteiger partial charge in [0.25, 0.3) is 5.91 Å². The minimum atomic E-state index is -1.37. The molecule has 0 aliphatic heterocycles. The lowest BCUT2D eigenvalue weighted by atomic mass is 9.99. The number of hydrogen-bond donors (Lipinski definition) is 2. The molecule has 0 saturated carbocycles. The largest absolute Gasteiger partial charge is 0.480 e. The monoisotopic (exact) mass is 489 g/mol. The van der Waals surface area contributed by atoms with Crippen LogP contribution in [0.1, 0.15) is 27.2 Å². The fourth-order valence-corrected chi connectivity index (χ4v) is 4.09. The van der Waals surface area contributed by atoms with Crippen molar-refractivity contribution in [2.24, 2.45) is 0 Å². The van der Waals surface area contributed by atoms with E-state index in [9.17, 15) is 23.5 Å². The van der Waals surface area contributed by atoms with Crippen molar-refractivity contribution in [1.82, 2.24) is 10.3 Å². The predicted octanol–water partition coefficient (Wildman–Crippen LogP) is 4.60. The van der Waals surface area contributed by atoms with Gasteiger partial charge in [0.1, 0.15) is 23.2 Å². The summed E-state index contributed by atoms with van der Waals surface area (Å²) in [4.78, 5) is 30.8. The van der Waals surface area contributed by atoms with Crippen LogP contribution in [0.2, 0.25) is 0 Å². The molecule has 1 heterocycles. The van der Waals surface area contributed by atoms with Crippen molar-refractivity contribution >= 4 is 28.3 Å². The number of carbonyl (C=O) groups is 2. The van der Waals surface area contributed by atoms with E-state index < -0.39 is 35.1 Å². The maximum Gasteiger partial charge on any atom is 0.326 e. The van der Waals surface area contributed by atoms with E-state index in [1.165, 1.54) is 0 Å². The number of aliphatic carboxylic acids is 1. The second-order valence-electron chi connectivity index (χ2n) is 8.72. The zero-order valence-corrected chi connectivity index (χ0v) is 19.8. The number of fused-ring (bicyclic) bond motifs is 1. The number of rotatable bonds is 8. The number of amides is 1. The Bertz CT molecular complexity index is 1420. The molecule has 0 aliphatic carbocycles. The van der Waals surface area contributed by atoms with E-state index in [0.29, 0.717) is 12.0 Å². The van der Waals surface area contributed by atoms with Crippen LogP contribution in [0.15, 0.2) is 72.9 Å². The van der Waals surface area contributed by atoms with Crippen LogP contribution in [0.5, 0.6) is 0 Å². The van der Waals surface area contributed by atoms with Gasteiger partial charge in [0.2, 0.25) is 0 Å². The van der Waals surface area contributed by atoms with Crippen molar-refractivity contribution in [3.8, 4) is 0 Å². The number of anilines is 1. The zero-order chi connectivity index (χ0) is 25.8. The summed E-state index contributed by atoms with van der Waals surface area (Å²) in [7, 11) is 3.96. The van der Waals surface area contributed by atoms with Crippen LogP contribution in [0.25, 0.3) is 10.8 Å². The van der Waals surface area contributed by atoms with Crippen molar-refractivity contribution in [2.75, 3.05) is 19.0 Å². The molecule has 4 aromatic rings. The summed E-state index contributed by atoms with van der Waals surface area (Å²) in [6, 6.07) is 17.1. The fourth-order valence-electron chi connectivity index (χ4n) is 4.09. The number of aromatic nitrogens is 1. The van der Waals surface area contributed by atoms with E-state index in [-0.39, 0.29) is 6.42 Å². The van der Waals surface area contributed by atoms with Crippen LogP contribution >= 0.6 is 0 Å². The molecule has 1 atom stereocenters. The minimum Gasteiger partial charge on any atom is -0.480 e. The highest BCUT2D eigenvalue weighted by Gasteiger charge is 2.25. The Balaban J connectivity index is 1.54. The predicted molar refractivity (Wildman–Crippen MR) is 134 cm³/mol. The van der Waals surface area contributed by atoms with Crippen molar-refractivity contribution in [1.29, 1.82) is 0 Å². The van der Waals surface area contributed by atoms with E-state index in [2.05, 4.69) is 16.4 Å². The van der Waals surface area contributed by atoms with Gasteiger partial charge in [-0.3, -0.25) is 9.78 Å². The Morgan fingerprint density at radius 2 is 1.67 bits per heavy atom. The number of pyridine rings is 1. The standard InChI is InChI=1S/C28H25F2N3O3/c1-33(2)20-9-10-21-19(16-20)11-12-31-24(21)14-17-5-3-6-18(13-17)15-25(28(35)36)32-27(34)26-22(29)7-4-8-23(26)30/h3-13,16,25H,14-15H2,1-2H3,(H,32,34)(H,35,36)/t25-/m0/s1. The molecule has 36 heavy (non-hydrogen) atoms. The zero-order valence-electron chi connectivity index (χ0n) is 19.8. The van der Waals surface area contributed by atoms with Gasteiger partial charge in [-0.1, -0.05) is 36.4 Å². The van der Waals surface area contributed by atoms with Gasteiger partial charge >= 0.3 is 5.97 Å². The quantitative estimate of drug-likeness (QED) is 0.378. The first-order valence-electron chi connectivity index (χ1n) is 11.3. The molecule has 0 spiro atoms. The van der Waals surface area contributed by atoms with Crippen LogP contribution in [0.4, 0.5) is 14.5 Å². The van der Waals surface area contributed by atoms with Gasteiger partial charge in [-0.05, 0) is 46.8 Å². The lowest BCUT2D eigenvalue weighted by molar-refractivity contribution is -0.139. The molecule has 0 aliphatic rings. The van der Waals surface area contributed by atoms with Crippen molar-refractivity contribution in [2.45, 2.75) is 18.9 Å². The number of carbonyl (C=O) groups excluding carboxylic acids is 1. The highest BCUT2D eigenvalue weighted by molar-refractivity contribution is 5.97. The van der Waals surface area contributed by atoms with Crippen LogP contribution in [-0.4, -0.2) is 42.1 Å². The molecule has 0 fully saturated rings. The topological polar surface area (TPSA) is 82.5 Å². The molecule has 2 N–H and O–H groups in total. The van der Waals surface area contributed by atoms with Gasteiger partial charge in [-0.15, -0.1) is 0 Å². The number of carboxylic acid groups (broad SMARTS) is 1. The molecule has 6 nitrogen and oxygen atoms in total. The lowest BCUT2D eigenvalue weighted by Crippen LogP contribution is -2.43. The summed E-state index contributed by atoms with van der Waals surface area (Å²) < 4.78 is 27.9. The fraction of sp³-hybridized carbons (Fsp3) is 0.179. The van der Waals surface area contributed by atoms with Gasteiger partial charge in [-0.25, -0.2) is 13.6 Å². The summed E-state index contributed by atoms with van der Waals surface area (Å²) in [5, 5.41) is 14.0. The summed E-state index contributed by atoms with van der Waals surface area (Å²) in [5.74, 6) is -4.54. The molecule has 184 valence electrons. The number of hydrogen-bond acceptors (Lipinski definition) is 4. The van der Waals surface area contributed by atoms with E-state index in [0.717, 1.165) is 45.9 Å². The highest BCUT2D eigenvalue weighted by Crippen LogP contribution is 2.24. The summed E-state index contributed by atoms with van der Waals surface area (Å²) in [6.45, 7) is 0. The van der Waals surface area contributed by atoms with Crippen LogP contribution < -0.4 is 10.2 Å². The van der Waals surface area contributed by atoms with Gasteiger partial charge < -0.3 is 15.3 Å². The smallest absolute Gasteiger partial charge is 0.326 e. The molecular weight excluding hydrogens is 464 g/mol. The van der Waals surface area contributed by atoms with E-state index in [1.54, 1.807) is 18.3 Å². The Kier molecular flexibility index (Phi) is 7.24. The average molecular weight is 490 g/mol. The Hall–Kier alpha value is -4.33. The number of nitrogens with one attached hydrogen (secondary N) is 1. The first kappa shape index (κ1) is 24.8. The molecule has 0 saturated heterocycles. The maximum absolute atomic E-state index is 14.0. The molecule has 1 aromatic heterocycles. The second kappa shape index (κ2) is 10.5. The SMILES string of the molecule is CN(C)c1ccc2c(Cc3cccc(C[C@H](NC(=O)c4c(F)cccc4F)C(=O)O)c3)nccc2c1. The third kappa shape index (κ3) is 5.49. The summed E-state index contributed by atoms with van der Waals surface area (Å²) in [6.07, 6.45) is 2.23. The number of nitrogens with zero attached hydrogens (tertiary/aromatic N) is 2. The first-order valence-corrected chi connectivity index (χ1v) is 11.3. The van der Waals surface area contributed by atoms with E-state index in [1.807, 2.05) is 49.3 Å². The molecular formula is C28H25F2N3O3. The average Bonchev–Trinajstić information content (AvgIpc) is 2.83. The van der Waals surface area contributed by atoms with E-state index in [4.69, 9.17) is 0 Å². The number of halogens is 2. The van der Waals surface area contributed by atoms with E-state index >= 15 is 0 Å². The first-order chi connectivity index (χ1) is 17.2. The highest BCUT2D eigenvalue weighted by atomic mass is 19.1. The van der Waals surface area contributed by atoms with Crippen molar-refractivity contribution in [3.63, 3.8) is 0 Å². The van der Waals surface area contributed by atoms with Gasteiger partial charge in [0.05, 0.1) is 5.69 Å². The third-order valence-electron chi connectivity index (χ3n) is 5.94. The van der Waals surface area contributed by atoms with Crippen molar-refractivity contribution < 1.29 is 23.5 Å². The molecule has 0 bridgehead atoms. The maximum atomic E-state index is 14.0. The Morgan fingerprint density at radius 3 is 2.36 bits per heavy atom. The Morgan fingerprint density at radius 1 is 0.972 bits per heavy atom. The third-order valence-corrected chi connectivity index (χ3v) is 5.94. The minimum absolute atomic E-state index is 0.0554. The molecule has 4 rings (SSSR count). The van der Waals surface area contributed by atoms with Crippen LogP contribution in [0, 0.1) is 11.6 Å². The molecule has 8 heteroatoms. The molecule has 1 amide bonds. The normalized spacial score (nSPS) is 11.8. The number of benzene rings is 3.